The number of nitrogens with two attached hydrogens (primary N) is 1. The maximum Gasteiger partial charge on any atom is 0.220 e. The topological polar surface area (TPSA) is 64.3 Å². The molecule has 0 spiro atoms. The molecule has 0 unspecified atom stereocenters. The van der Waals surface area contributed by atoms with Gasteiger partial charge in [0.1, 0.15) is 11.6 Å². The van der Waals surface area contributed by atoms with Crippen LogP contribution in [-0.2, 0) is 11.3 Å². The first-order chi connectivity index (χ1) is 8.63. The van der Waals surface area contributed by atoms with E-state index in [0.29, 0.717) is 12.3 Å². The maximum absolute atomic E-state index is 13.1. The normalized spacial score (nSPS) is 10.3. The van der Waals surface area contributed by atoms with Crippen LogP contribution in [0.25, 0.3) is 0 Å². The molecule has 0 aliphatic rings. The van der Waals surface area contributed by atoms with E-state index < -0.39 is 5.91 Å². The smallest absolute Gasteiger partial charge is 0.220 e. The Morgan fingerprint density at radius 1 is 1.50 bits per heavy atom. The van der Waals surface area contributed by atoms with Crippen molar-refractivity contribution in [3.05, 3.63) is 29.6 Å². The van der Waals surface area contributed by atoms with Crippen molar-refractivity contribution in [2.24, 2.45) is 5.73 Å². The van der Waals surface area contributed by atoms with Gasteiger partial charge < -0.3 is 15.8 Å². The number of carbonyl (C=O) groups is 1. The van der Waals surface area contributed by atoms with Crippen molar-refractivity contribution in [3.8, 4) is 5.75 Å². The summed E-state index contributed by atoms with van der Waals surface area (Å²) in [5, 5.41) is 3.18. The second kappa shape index (κ2) is 7.66. The lowest BCUT2D eigenvalue weighted by Gasteiger charge is -2.11. The summed E-state index contributed by atoms with van der Waals surface area (Å²) in [5.41, 5.74) is 5.77. The number of hydrogen-bond acceptors (Lipinski definition) is 3. The van der Waals surface area contributed by atoms with Crippen molar-refractivity contribution in [2.75, 3.05) is 13.2 Å². The lowest BCUT2D eigenvalue weighted by Crippen LogP contribution is -2.17. The summed E-state index contributed by atoms with van der Waals surface area (Å²) < 4.78 is 18.6. The molecule has 0 aromatic heterocycles. The molecule has 4 nitrogen and oxygen atoms in total. The van der Waals surface area contributed by atoms with E-state index in [1.807, 2.05) is 0 Å². The second-order valence-corrected chi connectivity index (χ2v) is 3.99. The first-order valence-electron chi connectivity index (χ1n) is 6.03. The molecule has 18 heavy (non-hydrogen) atoms. The first kappa shape index (κ1) is 14.4. The molecule has 0 aliphatic heterocycles. The fraction of sp³-hybridized carbons (Fsp3) is 0.462. The summed E-state index contributed by atoms with van der Waals surface area (Å²) >= 11 is 0. The minimum absolute atomic E-state index is 0.152. The van der Waals surface area contributed by atoms with Gasteiger partial charge in [-0.25, -0.2) is 4.39 Å². The van der Waals surface area contributed by atoms with E-state index in [-0.39, 0.29) is 18.8 Å². The molecule has 5 heteroatoms. The molecule has 0 bridgehead atoms. The van der Waals surface area contributed by atoms with Crippen LogP contribution in [0.15, 0.2) is 18.2 Å². The predicted octanol–water partition coefficient (Wildman–Crippen LogP) is 1.58. The number of nitrogens with one attached hydrogen (secondary N) is 1. The molecule has 0 aliphatic carbocycles. The second-order valence-electron chi connectivity index (χ2n) is 3.99. The summed E-state index contributed by atoms with van der Waals surface area (Å²) in [6.45, 7) is 3.67. The Bertz CT molecular complexity index is 397. The van der Waals surface area contributed by atoms with Crippen LogP contribution >= 0.6 is 0 Å². The number of halogens is 1. The van der Waals surface area contributed by atoms with Gasteiger partial charge in [-0.1, -0.05) is 6.92 Å². The third kappa shape index (κ3) is 5.14. The van der Waals surface area contributed by atoms with E-state index in [0.717, 1.165) is 18.5 Å². The van der Waals surface area contributed by atoms with Crippen LogP contribution in [0, 0.1) is 5.82 Å². The van der Waals surface area contributed by atoms with Crippen molar-refractivity contribution in [3.63, 3.8) is 0 Å². The molecule has 100 valence electrons. The fourth-order valence-electron chi connectivity index (χ4n) is 1.49. The monoisotopic (exact) mass is 254 g/mol. The van der Waals surface area contributed by atoms with Gasteiger partial charge in [-0.15, -0.1) is 0 Å². The lowest BCUT2D eigenvalue weighted by molar-refractivity contribution is -0.118. The minimum atomic E-state index is -0.414. The number of ether oxygens (including phenoxy) is 1. The predicted molar refractivity (Wildman–Crippen MR) is 67.7 cm³/mol. The molecular formula is C13H19FN2O2. The Morgan fingerprint density at radius 3 is 2.94 bits per heavy atom. The zero-order valence-electron chi connectivity index (χ0n) is 10.5. The number of hydrogen-bond donors (Lipinski definition) is 2. The van der Waals surface area contributed by atoms with Crippen molar-refractivity contribution in [1.82, 2.24) is 5.32 Å². The van der Waals surface area contributed by atoms with E-state index in [1.54, 1.807) is 6.07 Å². The highest BCUT2D eigenvalue weighted by molar-refractivity contribution is 5.73. The molecule has 1 aromatic rings. The van der Waals surface area contributed by atoms with E-state index in [4.69, 9.17) is 10.5 Å². The van der Waals surface area contributed by atoms with Gasteiger partial charge in [-0.05, 0) is 31.2 Å². The van der Waals surface area contributed by atoms with Crippen molar-refractivity contribution in [2.45, 2.75) is 26.3 Å². The van der Waals surface area contributed by atoms with Crippen LogP contribution in [0.5, 0.6) is 5.75 Å². The van der Waals surface area contributed by atoms with Crippen LogP contribution < -0.4 is 15.8 Å². The number of benzene rings is 1. The van der Waals surface area contributed by atoms with Gasteiger partial charge in [0.15, 0.2) is 0 Å². The first-order valence-corrected chi connectivity index (χ1v) is 6.03. The highest BCUT2D eigenvalue weighted by Crippen LogP contribution is 2.19. The molecule has 0 atom stereocenters. The number of rotatable bonds is 8. The quantitative estimate of drug-likeness (QED) is 0.692. The molecule has 0 saturated carbocycles. The van der Waals surface area contributed by atoms with Gasteiger partial charge >= 0.3 is 0 Å². The maximum atomic E-state index is 13.1. The van der Waals surface area contributed by atoms with Gasteiger partial charge in [0.2, 0.25) is 5.91 Å². The van der Waals surface area contributed by atoms with Crippen LogP contribution in [-0.4, -0.2) is 19.1 Å². The van der Waals surface area contributed by atoms with Crippen molar-refractivity contribution < 1.29 is 13.9 Å². The van der Waals surface area contributed by atoms with Crippen LogP contribution in [0.2, 0.25) is 0 Å². The average molecular weight is 254 g/mol. The van der Waals surface area contributed by atoms with Gasteiger partial charge in [0.05, 0.1) is 13.0 Å². The van der Waals surface area contributed by atoms with Crippen LogP contribution in [0.3, 0.4) is 0 Å². The summed E-state index contributed by atoms with van der Waals surface area (Å²) in [5.74, 6) is -0.130. The van der Waals surface area contributed by atoms with Crippen molar-refractivity contribution >= 4 is 5.91 Å². The molecule has 0 heterocycles. The number of carbonyl (C=O) groups excluding carboxylic acids is 1. The summed E-state index contributed by atoms with van der Waals surface area (Å²) in [6, 6.07) is 4.34. The van der Waals surface area contributed by atoms with Gasteiger partial charge in [-0.2, -0.15) is 0 Å². The molecule has 0 radical (unpaired) electrons. The molecule has 1 rings (SSSR count). The Morgan fingerprint density at radius 2 is 2.28 bits per heavy atom. The summed E-state index contributed by atoms with van der Waals surface area (Å²) in [7, 11) is 0. The highest BCUT2D eigenvalue weighted by Gasteiger charge is 2.06. The molecule has 3 N–H and O–H groups in total. The minimum Gasteiger partial charge on any atom is -0.493 e. The third-order valence-electron chi connectivity index (χ3n) is 2.37. The SMILES string of the molecule is CCCNCc1cc(F)ccc1OCCC(N)=O. The van der Waals surface area contributed by atoms with E-state index in [9.17, 15) is 9.18 Å². The molecule has 1 aromatic carbocycles. The number of primary amides is 1. The van der Waals surface area contributed by atoms with Crippen molar-refractivity contribution in [1.29, 1.82) is 0 Å². The molecule has 1 amide bonds. The third-order valence-corrected chi connectivity index (χ3v) is 2.37. The Hall–Kier alpha value is -1.62. The van der Waals surface area contributed by atoms with Gasteiger partial charge in [-0.3, -0.25) is 4.79 Å². The van der Waals surface area contributed by atoms with Gasteiger partial charge in [0, 0.05) is 12.1 Å². The zero-order valence-corrected chi connectivity index (χ0v) is 10.5. The van der Waals surface area contributed by atoms with Crippen LogP contribution in [0.4, 0.5) is 4.39 Å². The largest absolute Gasteiger partial charge is 0.493 e. The van der Waals surface area contributed by atoms with E-state index in [1.165, 1.54) is 12.1 Å². The fourth-order valence-corrected chi connectivity index (χ4v) is 1.49. The van der Waals surface area contributed by atoms with E-state index in [2.05, 4.69) is 12.2 Å². The lowest BCUT2D eigenvalue weighted by atomic mass is 10.2. The van der Waals surface area contributed by atoms with E-state index >= 15 is 0 Å². The van der Waals surface area contributed by atoms with Gasteiger partial charge in [0.25, 0.3) is 0 Å². The standard InChI is InChI=1S/C13H19FN2O2/c1-2-6-16-9-10-8-11(14)3-4-12(10)18-7-5-13(15)17/h3-4,8,16H,2,5-7,9H2,1H3,(H2,15,17). The molecule has 0 saturated heterocycles. The Balaban J connectivity index is 2.60. The highest BCUT2D eigenvalue weighted by atomic mass is 19.1. The van der Waals surface area contributed by atoms with Crippen LogP contribution in [0.1, 0.15) is 25.3 Å². The Kier molecular flexibility index (Phi) is 6.14. The average Bonchev–Trinajstić information content (AvgIpc) is 2.32. The molecule has 0 fully saturated rings. The summed E-state index contributed by atoms with van der Waals surface area (Å²) in [6.07, 6.45) is 1.16. The zero-order chi connectivity index (χ0) is 13.4. The number of amides is 1. The Labute approximate surface area is 106 Å². The molecular weight excluding hydrogens is 235 g/mol. The summed E-state index contributed by atoms with van der Waals surface area (Å²) in [4.78, 5) is 10.6.